The van der Waals surface area contributed by atoms with Crippen LogP contribution in [-0.2, 0) is 4.74 Å². The molecule has 0 saturated carbocycles. The third-order valence-corrected chi connectivity index (χ3v) is 1.82. The van der Waals surface area contributed by atoms with Gasteiger partial charge in [0.2, 0.25) is 0 Å². The van der Waals surface area contributed by atoms with E-state index in [0.717, 1.165) is 12.4 Å². The van der Waals surface area contributed by atoms with Gasteiger partial charge in [0, 0.05) is 26.8 Å². The van der Waals surface area contributed by atoms with E-state index in [2.05, 4.69) is 15.4 Å². The summed E-state index contributed by atoms with van der Waals surface area (Å²) < 4.78 is 4.97. The smallest absolute Gasteiger partial charge is 0.145 e. The van der Waals surface area contributed by atoms with E-state index in [-0.39, 0.29) is 0 Å². The molecule has 0 radical (unpaired) electrons. The second-order valence-corrected chi connectivity index (χ2v) is 2.82. The van der Waals surface area contributed by atoms with Crippen LogP contribution in [-0.4, -0.2) is 37.3 Å². The van der Waals surface area contributed by atoms with Gasteiger partial charge >= 0.3 is 0 Å². The molecule has 0 spiro atoms. The van der Waals surface area contributed by atoms with Crippen LogP contribution in [0.4, 0.5) is 11.6 Å². The number of methoxy groups -OCH3 is 1. The number of nitrogens with one attached hydrogen (secondary N) is 1. The third kappa shape index (κ3) is 2.82. The van der Waals surface area contributed by atoms with E-state index in [1.54, 1.807) is 13.2 Å². The maximum atomic E-state index is 5.24. The van der Waals surface area contributed by atoms with Crippen molar-refractivity contribution >= 4 is 11.6 Å². The maximum Gasteiger partial charge on any atom is 0.145 e. The summed E-state index contributed by atoms with van der Waals surface area (Å²) >= 11 is 0. The Morgan fingerprint density at radius 2 is 2.36 bits per heavy atom. The maximum absolute atomic E-state index is 5.24. The first-order valence-electron chi connectivity index (χ1n) is 4.26. The van der Waals surface area contributed by atoms with Crippen molar-refractivity contribution in [1.82, 2.24) is 9.97 Å². The van der Waals surface area contributed by atoms with E-state index < -0.39 is 0 Å². The Hall–Kier alpha value is -1.40. The molecule has 0 amide bonds. The Morgan fingerprint density at radius 1 is 1.57 bits per heavy atom. The average molecular weight is 197 g/mol. The lowest BCUT2D eigenvalue weighted by atomic mass is 10.4. The second kappa shape index (κ2) is 5.36. The molecule has 0 saturated heterocycles. The fourth-order valence-electron chi connectivity index (χ4n) is 0.977. The van der Waals surface area contributed by atoms with Crippen molar-refractivity contribution in [1.29, 1.82) is 0 Å². The molecule has 6 heteroatoms. The monoisotopic (exact) mass is 197 g/mol. The zero-order chi connectivity index (χ0) is 10.4. The van der Waals surface area contributed by atoms with E-state index in [0.29, 0.717) is 12.4 Å². The Balaban J connectivity index is 2.64. The van der Waals surface area contributed by atoms with Crippen LogP contribution in [0.25, 0.3) is 0 Å². The Bertz CT molecular complexity index is 280. The van der Waals surface area contributed by atoms with Gasteiger partial charge in [0.15, 0.2) is 0 Å². The van der Waals surface area contributed by atoms with Gasteiger partial charge in [0.1, 0.15) is 18.0 Å². The normalized spacial score (nSPS) is 9.93. The summed E-state index contributed by atoms with van der Waals surface area (Å²) in [7, 11) is 3.60. The van der Waals surface area contributed by atoms with E-state index in [1.807, 2.05) is 11.9 Å². The molecular formula is C8H15N5O. The van der Waals surface area contributed by atoms with Crippen LogP contribution < -0.4 is 16.2 Å². The topological polar surface area (TPSA) is 76.3 Å². The standard InChI is InChI=1S/C8H15N5O/c1-13(3-4-14-2)8-5-7(12-9)10-6-11-8/h5-6H,3-4,9H2,1-2H3,(H,10,11,12). The quantitative estimate of drug-likeness (QED) is 0.505. The number of nitrogens with zero attached hydrogens (tertiary/aromatic N) is 3. The number of likely N-dealkylation sites (N-methyl/N-ethyl adjacent to an activating group) is 1. The van der Waals surface area contributed by atoms with Crippen LogP contribution in [0.15, 0.2) is 12.4 Å². The van der Waals surface area contributed by atoms with Gasteiger partial charge in [-0.1, -0.05) is 0 Å². The number of rotatable bonds is 5. The van der Waals surface area contributed by atoms with Gasteiger partial charge in [-0.25, -0.2) is 15.8 Å². The van der Waals surface area contributed by atoms with Crippen LogP contribution in [0.5, 0.6) is 0 Å². The second-order valence-electron chi connectivity index (χ2n) is 2.82. The minimum Gasteiger partial charge on any atom is -0.383 e. The first kappa shape index (κ1) is 10.7. The molecule has 0 bridgehead atoms. The molecule has 6 nitrogen and oxygen atoms in total. The minimum atomic E-state index is 0.597. The average Bonchev–Trinajstić information content (AvgIpc) is 2.26. The van der Waals surface area contributed by atoms with Crippen LogP contribution in [0.1, 0.15) is 0 Å². The lowest BCUT2D eigenvalue weighted by molar-refractivity contribution is 0.206. The Morgan fingerprint density at radius 3 is 3.00 bits per heavy atom. The molecule has 0 atom stereocenters. The Labute approximate surface area is 83.1 Å². The summed E-state index contributed by atoms with van der Waals surface area (Å²) in [6, 6.07) is 1.77. The van der Waals surface area contributed by atoms with Crippen molar-refractivity contribution in [3.63, 3.8) is 0 Å². The van der Waals surface area contributed by atoms with Gasteiger partial charge in [0.05, 0.1) is 6.61 Å². The number of nitrogens with two attached hydrogens (primary N) is 1. The number of anilines is 2. The first-order chi connectivity index (χ1) is 6.77. The molecule has 0 unspecified atom stereocenters. The highest BCUT2D eigenvalue weighted by Gasteiger charge is 2.02. The molecule has 1 heterocycles. The fourth-order valence-corrected chi connectivity index (χ4v) is 0.977. The van der Waals surface area contributed by atoms with Crippen molar-refractivity contribution in [2.75, 3.05) is 37.6 Å². The number of nitrogen functional groups attached to an aromatic ring is 1. The minimum absolute atomic E-state index is 0.597. The van der Waals surface area contributed by atoms with Crippen molar-refractivity contribution in [3.05, 3.63) is 12.4 Å². The SMILES string of the molecule is COCCN(C)c1cc(NN)ncn1. The van der Waals surface area contributed by atoms with Gasteiger partial charge < -0.3 is 15.1 Å². The lowest BCUT2D eigenvalue weighted by Gasteiger charge is -2.17. The van der Waals surface area contributed by atoms with Gasteiger partial charge in [-0.05, 0) is 0 Å². The summed E-state index contributed by atoms with van der Waals surface area (Å²) in [4.78, 5) is 9.98. The zero-order valence-electron chi connectivity index (χ0n) is 8.40. The summed E-state index contributed by atoms with van der Waals surface area (Å²) in [5.74, 6) is 6.64. The molecule has 78 valence electrons. The third-order valence-electron chi connectivity index (χ3n) is 1.82. The summed E-state index contributed by atoms with van der Waals surface area (Å²) in [6.07, 6.45) is 1.47. The summed E-state index contributed by atoms with van der Waals surface area (Å²) in [6.45, 7) is 1.43. The predicted molar refractivity (Wildman–Crippen MR) is 55.0 cm³/mol. The lowest BCUT2D eigenvalue weighted by Crippen LogP contribution is -2.23. The van der Waals surface area contributed by atoms with E-state index in [1.165, 1.54) is 6.33 Å². The molecular weight excluding hydrogens is 182 g/mol. The number of aromatic nitrogens is 2. The highest BCUT2D eigenvalue weighted by atomic mass is 16.5. The van der Waals surface area contributed by atoms with E-state index >= 15 is 0 Å². The van der Waals surface area contributed by atoms with E-state index in [4.69, 9.17) is 10.6 Å². The molecule has 3 N–H and O–H groups in total. The van der Waals surface area contributed by atoms with Gasteiger partial charge in [-0.15, -0.1) is 0 Å². The van der Waals surface area contributed by atoms with Crippen molar-refractivity contribution in [3.8, 4) is 0 Å². The van der Waals surface area contributed by atoms with Gasteiger partial charge in [0.25, 0.3) is 0 Å². The van der Waals surface area contributed by atoms with Crippen LogP contribution >= 0.6 is 0 Å². The number of hydrazine groups is 1. The number of hydrogen-bond donors (Lipinski definition) is 2. The van der Waals surface area contributed by atoms with E-state index in [9.17, 15) is 0 Å². The number of hydrogen-bond acceptors (Lipinski definition) is 6. The predicted octanol–water partition coefficient (Wildman–Crippen LogP) is -0.155. The van der Waals surface area contributed by atoms with Crippen LogP contribution in [0.3, 0.4) is 0 Å². The first-order valence-corrected chi connectivity index (χ1v) is 4.26. The molecule has 1 rings (SSSR count). The zero-order valence-corrected chi connectivity index (χ0v) is 8.40. The number of ether oxygens (including phenoxy) is 1. The Kier molecular flexibility index (Phi) is 4.09. The molecule has 0 aromatic carbocycles. The summed E-state index contributed by atoms with van der Waals surface area (Å²) in [5.41, 5.74) is 2.47. The highest BCUT2D eigenvalue weighted by Crippen LogP contribution is 2.10. The fraction of sp³-hybridized carbons (Fsp3) is 0.500. The molecule has 0 fully saturated rings. The largest absolute Gasteiger partial charge is 0.383 e. The molecule has 0 aliphatic heterocycles. The molecule has 1 aromatic rings. The van der Waals surface area contributed by atoms with Crippen molar-refractivity contribution < 1.29 is 4.74 Å². The van der Waals surface area contributed by atoms with Crippen molar-refractivity contribution in [2.45, 2.75) is 0 Å². The van der Waals surface area contributed by atoms with Crippen LogP contribution in [0, 0.1) is 0 Å². The van der Waals surface area contributed by atoms with Crippen molar-refractivity contribution in [2.24, 2.45) is 5.84 Å². The molecule has 0 aliphatic rings. The molecule has 1 aromatic heterocycles. The highest BCUT2D eigenvalue weighted by molar-refractivity contribution is 5.47. The summed E-state index contributed by atoms with van der Waals surface area (Å²) in [5, 5.41) is 0. The molecule has 0 aliphatic carbocycles. The van der Waals surface area contributed by atoms with Gasteiger partial charge in [-0.3, -0.25) is 0 Å². The molecule has 14 heavy (non-hydrogen) atoms. The van der Waals surface area contributed by atoms with Crippen LogP contribution in [0.2, 0.25) is 0 Å². The van der Waals surface area contributed by atoms with Gasteiger partial charge in [-0.2, -0.15) is 0 Å².